The molecule has 1 amide bonds. The Balaban J connectivity index is 2.06. The second-order valence-electron chi connectivity index (χ2n) is 4.54. The summed E-state index contributed by atoms with van der Waals surface area (Å²) in [5.74, 6) is -0.0646. The van der Waals surface area contributed by atoms with Gasteiger partial charge < -0.3 is 15.8 Å². The van der Waals surface area contributed by atoms with E-state index in [0.29, 0.717) is 29.2 Å². The maximum absolute atomic E-state index is 13.1. The lowest BCUT2D eigenvalue weighted by Crippen LogP contribution is -2.23. The number of hydrogen-bond acceptors (Lipinski definition) is 3. The third-order valence-corrected chi connectivity index (χ3v) is 2.84. The summed E-state index contributed by atoms with van der Waals surface area (Å²) in [4.78, 5) is 12.1. The Morgan fingerprint density at radius 2 is 2.10 bits per heavy atom. The first-order chi connectivity index (χ1) is 10.1. The summed E-state index contributed by atoms with van der Waals surface area (Å²) in [5.41, 5.74) is 7.30. The van der Waals surface area contributed by atoms with Crippen LogP contribution in [-0.4, -0.2) is 12.5 Å². The number of nitrogens with two attached hydrogens (primary N) is 1. The minimum atomic E-state index is -0.329. The molecule has 0 aromatic heterocycles. The monoisotopic (exact) mass is 288 g/mol. The molecule has 0 radical (unpaired) electrons. The highest BCUT2D eigenvalue weighted by Gasteiger charge is 2.08. The van der Waals surface area contributed by atoms with Crippen molar-refractivity contribution in [3.05, 3.63) is 59.4 Å². The van der Waals surface area contributed by atoms with Crippen LogP contribution in [0.3, 0.4) is 0 Å². The zero-order valence-corrected chi connectivity index (χ0v) is 11.7. The van der Waals surface area contributed by atoms with E-state index in [1.165, 1.54) is 12.1 Å². The van der Waals surface area contributed by atoms with Crippen LogP contribution >= 0.6 is 0 Å². The normalized spacial score (nSPS) is 10.2. The average molecular weight is 288 g/mol. The maximum Gasteiger partial charge on any atom is 0.251 e. The van der Waals surface area contributed by atoms with Crippen molar-refractivity contribution in [3.63, 3.8) is 0 Å². The summed E-state index contributed by atoms with van der Waals surface area (Å²) >= 11 is 0. The van der Waals surface area contributed by atoms with Gasteiger partial charge in [-0.2, -0.15) is 0 Å². The highest BCUT2D eigenvalue weighted by atomic mass is 19.1. The van der Waals surface area contributed by atoms with E-state index in [0.717, 1.165) is 0 Å². The molecule has 0 aliphatic heterocycles. The number of benzene rings is 2. The van der Waals surface area contributed by atoms with Gasteiger partial charge in [0.1, 0.15) is 11.6 Å². The van der Waals surface area contributed by atoms with Gasteiger partial charge >= 0.3 is 0 Å². The molecule has 0 saturated heterocycles. The summed E-state index contributed by atoms with van der Waals surface area (Å²) in [6.45, 7) is 2.59. The van der Waals surface area contributed by atoms with Crippen LogP contribution in [0, 0.1) is 5.82 Å². The zero-order chi connectivity index (χ0) is 15.2. The first-order valence-corrected chi connectivity index (χ1v) is 6.64. The number of nitrogens with one attached hydrogen (secondary N) is 1. The molecule has 0 heterocycles. The Hall–Kier alpha value is -2.56. The summed E-state index contributed by atoms with van der Waals surface area (Å²) < 4.78 is 18.4. The van der Waals surface area contributed by atoms with Gasteiger partial charge in [0.05, 0.1) is 6.61 Å². The largest absolute Gasteiger partial charge is 0.494 e. The summed E-state index contributed by atoms with van der Waals surface area (Å²) in [7, 11) is 0. The van der Waals surface area contributed by atoms with Crippen molar-refractivity contribution >= 4 is 11.6 Å². The van der Waals surface area contributed by atoms with E-state index in [2.05, 4.69) is 5.32 Å². The average Bonchev–Trinajstić information content (AvgIpc) is 2.44. The van der Waals surface area contributed by atoms with E-state index in [4.69, 9.17) is 10.5 Å². The second-order valence-corrected chi connectivity index (χ2v) is 4.54. The van der Waals surface area contributed by atoms with Crippen LogP contribution in [0.4, 0.5) is 10.1 Å². The van der Waals surface area contributed by atoms with E-state index < -0.39 is 0 Å². The van der Waals surface area contributed by atoms with E-state index in [9.17, 15) is 9.18 Å². The lowest BCUT2D eigenvalue weighted by Gasteiger charge is -2.09. The molecule has 2 aromatic rings. The number of nitrogen functional groups attached to an aromatic ring is 1. The van der Waals surface area contributed by atoms with Crippen molar-refractivity contribution in [1.82, 2.24) is 5.32 Å². The highest BCUT2D eigenvalue weighted by molar-refractivity contribution is 5.95. The Morgan fingerprint density at radius 1 is 1.29 bits per heavy atom. The lowest BCUT2D eigenvalue weighted by atomic mass is 10.1. The van der Waals surface area contributed by atoms with E-state index in [1.54, 1.807) is 30.3 Å². The molecule has 3 N–H and O–H groups in total. The topological polar surface area (TPSA) is 64.3 Å². The number of hydrogen-bond donors (Lipinski definition) is 2. The minimum absolute atomic E-state index is 0.245. The van der Waals surface area contributed by atoms with Gasteiger partial charge in [-0.05, 0) is 36.8 Å². The molecule has 0 unspecified atom stereocenters. The van der Waals surface area contributed by atoms with Gasteiger partial charge in [0, 0.05) is 23.9 Å². The van der Waals surface area contributed by atoms with Crippen LogP contribution in [-0.2, 0) is 6.54 Å². The smallest absolute Gasteiger partial charge is 0.251 e. The molecule has 21 heavy (non-hydrogen) atoms. The van der Waals surface area contributed by atoms with Gasteiger partial charge in [0.15, 0.2) is 0 Å². The number of carbonyl (C=O) groups is 1. The van der Waals surface area contributed by atoms with Gasteiger partial charge in [0.25, 0.3) is 5.91 Å². The fraction of sp³-hybridized carbons (Fsp3) is 0.188. The van der Waals surface area contributed by atoms with Crippen molar-refractivity contribution in [2.75, 3.05) is 12.3 Å². The molecule has 0 aliphatic rings. The zero-order valence-electron chi connectivity index (χ0n) is 11.7. The van der Waals surface area contributed by atoms with Crippen molar-refractivity contribution in [1.29, 1.82) is 0 Å². The fourth-order valence-electron chi connectivity index (χ4n) is 1.93. The number of amides is 1. The van der Waals surface area contributed by atoms with Crippen LogP contribution in [0.1, 0.15) is 22.8 Å². The molecule has 4 nitrogen and oxygen atoms in total. The van der Waals surface area contributed by atoms with Crippen molar-refractivity contribution in [3.8, 4) is 5.75 Å². The third-order valence-electron chi connectivity index (χ3n) is 2.84. The lowest BCUT2D eigenvalue weighted by molar-refractivity contribution is 0.0950. The molecule has 2 rings (SSSR count). The quantitative estimate of drug-likeness (QED) is 0.831. The van der Waals surface area contributed by atoms with Gasteiger partial charge in [0.2, 0.25) is 0 Å². The minimum Gasteiger partial charge on any atom is -0.494 e. The van der Waals surface area contributed by atoms with Gasteiger partial charge in [-0.3, -0.25) is 4.79 Å². The molecule has 2 aromatic carbocycles. The van der Waals surface area contributed by atoms with Crippen LogP contribution in [0.2, 0.25) is 0 Å². The Labute approximate surface area is 122 Å². The first kappa shape index (κ1) is 14.8. The number of rotatable bonds is 5. The van der Waals surface area contributed by atoms with E-state index in [1.807, 2.05) is 6.92 Å². The molecule has 0 saturated carbocycles. The highest BCUT2D eigenvalue weighted by Crippen LogP contribution is 2.19. The van der Waals surface area contributed by atoms with Crippen LogP contribution in [0.5, 0.6) is 5.75 Å². The SMILES string of the molecule is CCOc1cc(N)cc(C(=O)NCc2cccc(F)c2)c1. The molecule has 0 fully saturated rings. The predicted molar refractivity (Wildman–Crippen MR) is 79.6 cm³/mol. The molecule has 0 spiro atoms. The van der Waals surface area contributed by atoms with Crippen LogP contribution in [0.25, 0.3) is 0 Å². The number of anilines is 1. The molecule has 0 bridgehead atoms. The molecular weight excluding hydrogens is 271 g/mol. The van der Waals surface area contributed by atoms with Gasteiger partial charge in [-0.25, -0.2) is 4.39 Å². The van der Waals surface area contributed by atoms with Crippen molar-refractivity contribution < 1.29 is 13.9 Å². The number of halogens is 1. The molecular formula is C16H17FN2O2. The first-order valence-electron chi connectivity index (χ1n) is 6.64. The standard InChI is InChI=1S/C16H17FN2O2/c1-2-21-15-8-12(7-14(18)9-15)16(20)19-10-11-4-3-5-13(17)6-11/h3-9H,2,10,18H2,1H3,(H,19,20). The molecule has 0 aliphatic carbocycles. The van der Waals surface area contributed by atoms with Crippen molar-refractivity contribution in [2.45, 2.75) is 13.5 Å². The van der Waals surface area contributed by atoms with Crippen molar-refractivity contribution in [2.24, 2.45) is 0 Å². The molecule has 5 heteroatoms. The van der Waals surface area contributed by atoms with E-state index >= 15 is 0 Å². The Morgan fingerprint density at radius 3 is 2.81 bits per heavy atom. The van der Waals surface area contributed by atoms with E-state index in [-0.39, 0.29) is 18.3 Å². The summed E-state index contributed by atoms with van der Waals surface area (Å²) in [6.07, 6.45) is 0. The third kappa shape index (κ3) is 4.21. The fourth-order valence-corrected chi connectivity index (χ4v) is 1.93. The molecule has 110 valence electrons. The van der Waals surface area contributed by atoms with Crippen LogP contribution in [0.15, 0.2) is 42.5 Å². The Bertz CT molecular complexity index is 644. The Kier molecular flexibility index (Phi) is 4.77. The van der Waals surface area contributed by atoms with Crippen LogP contribution < -0.4 is 15.8 Å². The number of ether oxygens (including phenoxy) is 1. The van der Waals surface area contributed by atoms with Gasteiger partial charge in [-0.1, -0.05) is 12.1 Å². The number of carbonyl (C=O) groups excluding carboxylic acids is 1. The second kappa shape index (κ2) is 6.74. The van der Waals surface area contributed by atoms with Gasteiger partial charge in [-0.15, -0.1) is 0 Å². The molecule has 0 atom stereocenters. The summed E-state index contributed by atoms with van der Waals surface area (Å²) in [5, 5.41) is 2.72. The summed E-state index contributed by atoms with van der Waals surface area (Å²) in [6, 6.07) is 10.9. The maximum atomic E-state index is 13.1. The predicted octanol–water partition coefficient (Wildman–Crippen LogP) is 2.74.